The number of nitrogens with one attached hydrogen (secondary N) is 2. The van der Waals surface area contributed by atoms with Gasteiger partial charge in [-0.15, -0.1) is 12.4 Å². The minimum absolute atomic E-state index is 0. The first-order valence-corrected chi connectivity index (χ1v) is 6.39. The second-order valence-electron chi connectivity index (χ2n) is 4.14. The van der Waals surface area contributed by atoms with Crippen molar-refractivity contribution >= 4 is 41.5 Å². The SMILES string of the molecule is Cl.O=C(N[C@@H]1CCCNC1)c1cc(Cl)ccc1Cl. The molecular weight excluding hydrogens is 295 g/mol. The molecule has 0 saturated carbocycles. The van der Waals surface area contributed by atoms with Gasteiger partial charge in [0.2, 0.25) is 0 Å². The zero-order chi connectivity index (χ0) is 12.3. The molecule has 1 heterocycles. The Morgan fingerprint density at radius 3 is 2.83 bits per heavy atom. The van der Waals surface area contributed by atoms with Crippen LogP contribution in [0.25, 0.3) is 0 Å². The van der Waals surface area contributed by atoms with Gasteiger partial charge in [-0.25, -0.2) is 0 Å². The van der Waals surface area contributed by atoms with Crippen molar-refractivity contribution in [2.45, 2.75) is 18.9 Å². The lowest BCUT2D eigenvalue weighted by Gasteiger charge is -2.24. The van der Waals surface area contributed by atoms with Gasteiger partial charge in [-0.2, -0.15) is 0 Å². The molecule has 0 aliphatic carbocycles. The van der Waals surface area contributed by atoms with E-state index in [4.69, 9.17) is 23.2 Å². The minimum Gasteiger partial charge on any atom is -0.348 e. The molecule has 2 N–H and O–H groups in total. The van der Waals surface area contributed by atoms with Crippen LogP contribution >= 0.6 is 35.6 Å². The third-order valence-corrected chi connectivity index (χ3v) is 3.37. The van der Waals surface area contributed by atoms with E-state index in [2.05, 4.69) is 10.6 Å². The molecular formula is C12H15Cl3N2O. The predicted octanol–water partition coefficient (Wildman–Crippen LogP) is 2.90. The Morgan fingerprint density at radius 1 is 1.39 bits per heavy atom. The van der Waals surface area contributed by atoms with Crippen molar-refractivity contribution in [3.63, 3.8) is 0 Å². The summed E-state index contributed by atoms with van der Waals surface area (Å²) in [6.45, 7) is 1.83. The summed E-state index contributed by atoms with van der Waals surface area (Å²) < 4.78 is 0. The van der Waals surface area contributed by atoms with E-state index < -0.39 is 0 Å². The molecule has 1 saturated heterocycles. The summed E-state index contributed by atoms with van der Waals surface area (Å²) in [6.07, 6.45) is 2.07. The summed E-state index contributed by atoms with van der Waals surface area (Å²) in [5.74, 6) is -0.161. The summed E-state index contributed by atoms with van der Waals surface area (Å²) in [5.41, 5.74) is 0.435. The van der Waals surface area contributed by atoms with Gasteiger partial charge in [-0.05, 0) is 37.6 Å². The Hall–Kier alpha value is -0.480. The van der Waals surface area contributed by atoms with Crippen LogP contribution < -0.4 is 10.6 Å². The molecule has 0 spiro atoms. The normalized spacial score (nSPS) is 18.9. The van der Waals surface area contributed by atoms with Crippen molar-refractivity contribution in [1.29, 1.82) is 0 Å². The number of amides is 1. The van der Waals surface area contributed by atoms with Crippen molar-refractivity contribution in [3.05, 3.63) is 33.8 Å². The molecule has 1 aromatic carbocycles. The van der Waals surface area contributed by atoms with E-state index >= 15 is 0 Å². The fourth-order valence-corrected chi connectivity index (χ4v) is 2.29. The van der Waals surface area contributed by atoms with Crippen LogP contribution in [-0.2, 0) is 0 Å². The number of halogens is 3. The number of piperidine rings is 1. The molecule has 1 aromatic rings. The predicted molar refractivity (Wildman–Crippen MR) is 77.1 cm³/mol. The number of carbonyl (C=O) groups excluding carboxylic acids is 1. The Labute approximate surface area is 123 Å². The lowest BCUT2D eigenvalue weighted by atomic mass is 10.1. The van der Waals surface area contributed by atoms with Crippen LogP contribution in [0.4, 0.5) is 0 Å². The van der Waals surface area contributed by atoms with Gasteiger partial charge in [0.25, 0.3) is 5.91 Å². The zero-order valence-corrected chi connectivity index (χ0v) is 12.0. The third kappa shape index (κ3) is 4.02. The molecule has 100 valence electrons. The molecule has 6 heteroatoms. The van der Waals surface area contributed by atoms with Crippen molar-refractivity contribution in [1.82, 2.24) is 10.6 Å². The monoisotopic (exact) mass is 308 g/mol. The molecule has 3 nitrogen and oxygen atoms in total. The van der Waals surface area contributed by atoms with E-state index in [0.717, 1.165) is 25.9 Å². The number of benzene rings is 1. The standard InChI is InChI=1S/C12H14Cl2N2O.ClH/c13-8-3-4-11(14)10(6-8)12(17)16-9-2-1-5-15-7-9;/h3-4,6,9,15H,1-2,5,7H2,(H,16,17);1H/t9-;/m1./s1. The molecule has 1 fully saturated rings. The molecule has 1 aliphatic rings. The quantitative estimate of drug-likeness (QED) is 0.882. The minimum atomic E-state index is -0.161. The van der Waals surface area contributed by atoms with Crippen molar-refractivity contribution < 1.29 is 4.79 Å². The molecule has 1 amide bonds. The molecule has 0 bridgehead atoms. The maximum Gasteiger partial charge on any atom is 0.253 e. The third-order valence-electron chi connectivity index (χ3n) is 2.81. The van der Waals surface area contributed by atoms with E-state index in [0.29, 0.717) is 15.6 Å². The molecule has 18 heavy (non-hydrogen) atoms. The highest BCUT2D eigenvalue weighted by Gasteiger charge is 2.18. The van der Waals surface area contributed by atoms with Gasteiger partial charge in [0.15, 0.2) is 0 Å². The molecule has 2 rings (SSSR count). The highest BCUT2D eigenvalue weighted by Crippen LogP contribution is 2.20. The van der Waals surface area contributed by atoms with E-state index in [1.807, 2.05) is 0 Å². The molecule has 0 aromatic heterocycles. The van der Waals surface area contributed by atoms with Gasteiger partial charge in [0.1, 0.15) is 0 Å². The van der Waals surface area contributed by atoms with E-state index in [1.165, 1.54) is 0 Å². The first-order chi connectivity index (χ1) is 8.16. The summed E-state index contributed by atoms with van der Waals surface area (Å²) >= 11 is 11.8. The number of hydrogen-bond donors (Lipinski definition) is 2. The zero-order valence-electron chi connectivity index (χ0n) is 9.71. The van der Waals surface area contributed by atoms with E-state index in [1.54, 1.807) is 18.2 Å². The summed E-state index contributed by atoms with van der Waals surface area (Å²) in [5, 5.41) is 7.14. The average Bonchev–Trinajstić information content (AvgIpc) is 2.33. The topological polar surface area (TPSA) is 41.1 Å². The number of hydrogen-bond acceptors (Lipinski definition) is 2. The highest BCUT2D eigenvalue weighted by atomic mass is 35.5. The van der Waals surface area contributed by atoms with Gasteiger partial charge in [0, 0.05) is 17.6 Å². The molecule has 1 aliphatic heterocycles. The van der Waals surface area contributed by atoms with Gasteiger partial charge >= 0.3 is 0 Å². The second-order valence-corrected chi connectivity index (χ2v) is 4.98. The lowest BCUT2D eigenvalue weighted by molar-refractivity contribution is 0.0931. The summed E-state index contributed by atoms with van der Waals surface area (Å²) in [4.78, 5) is 12.0. The Bertz CT molecular complexity index is 420. The van der Waals surface area contributed by atoms with Crippen LogP contribution in [-0.4, -0.2) is 25.0 Å². The smallest absolute Gasteiger partial charge is 0.253 e. The fourth-order valence-electron chi connectivity index (χ4n) is 1.91. The van der Waals surface area contributed by atoms with Crippen LogP contribution in [0, 0.1) is 0 Å². The second kappa shape index (κ2) is 7.19. The van der Waals surface area contributed by atoms with Crippen molar-refractivity contribution in [3.8, 4) is 0 Å². The molecule has 1 atom stereocenters. The van der Waals surface area contributed by atoms with Crippen LogP contribution in [0.1, 0.15) is 23.2 Å². The maximum absolute atomic E-state index is 12.0. The fraction of sp³-hybridized carbons (Fsp3) is 0.417. The maximum atomic E-state index is 12.0. The van der Waals surface area contributed by atoms with Crippen LogP contribution in [0.2, 0.25) is 10.0 Å². The van der Waals surface area contributed by atoms with E-state index in [9.17, 15) is 4.79 Å². The first kappa shape index (κ1) is 15.6. The molecule has 0 radical (unpaired) electrons. The van der Waals surface area contributed by atoms with E-state index in [-0.39, 0.29) is 24.4 Å². The van der Waals surface area contributed by atoms with Gasteiger partial charge in [-0.3, -0.25) is 4.79 Å². The lowest BCUT2D eigenvalue weighted by Crippen LogP contribution is -2.45. The van der Waals surface area contributed by atoms with Crippen molar-refractivity contribution in [2.75, 3.05) is 13.1 Å². The van der Waals surface area contributed by atoms with Crippen LogP contribution in [0.3, 0.4) is 0 Å². The van der Waals surface area contributed by atoms with Gasteiger partial charge in [0.05, 0.1) is 10.6 Å². The van der Waals surface area contributed by atoms with Crippen LogP contribution in [0.5, 0.6) is 0 Å². The first-order valence-electron chi connectivity index (χ1n) is 5.63. The Balaban J connectivity index is 0.00000162. The largest absolute Gasteiger partial charge is 0.348 e. The number of carbonyl (C=O) groups is 1. The Morgan fingerprint density at radius 2 is 2.17 bits per heavy atom. The molecule has 0 unspecified atom stereocenters. The summed E-state index contributed by atoms with van der Waals surface area (Å²) in [7, 11) is 0. The Kier molecular flexibility index (Phi) is 6.22. The van der Waals surface area contributed by atoms with Crippen molar-refractivity contribution in [2.24, 2.45) is 0 Å². The summed E-state index contributed by atoms with van der Waals surface area (Å²) in [6, 6.07) is 5.07. The van der Waals surface area contributed by atoms with Crippen LogP contribution in [0.15, 0.2) is 18.2 Å². The highest BCUT2D eigenvalue weighted by molar-refractivity contribution is 6.35. The average molecular weight is 310 g/mol. The number of rotatable bonds is 2. The van der Waals surface area contributed by atoms with Gasteiger partial charge in [-0.1, -0.05) is 23.2 Å². The van der Waals surface area contributed by atoms with Gasteiger partial charge < -0.3 is 10.6 Å².